The smallest absolute Gasteiger partial charge is 0.243 e. The van der Waals surface area contributed by atoms with Crippen LogP contribution in [0.4, 0.5) is 10.1 Å². The van der Waals surface area contributed by atoms with Crippen molar-refractivity contribution in [2.75, 3.05) is 32.0 Å². The Balaban J connectivity index is 0.00000288. The van der Waals surface area contributed by atoms with Crippen LogP contribution in [0, 0.1) is 11.2 Å². The minimum atomic E-state index is -0.373. The molecule has 1 aromatic carbocycles. The summed E-state index contributed by atoms with van der Waals surface area (Å²) in [5.74, 6) is 0.133. The van der Waals surface area contributed by atoms with E-state index in [1.54, 1.807) is 19.2 Å². The van der Waals surface area contributed by atoms with Gasteiger partial charge in [0.25, 0.3) is 0 Å². The van der Waals surface area contributed by atoms with Crippen molar-refractivity contribution in [3.63, 3.8) is 0 Å². The Bertz CT molecular complexity index is 596. The van der Waals surface area contributed by atoms with Gasteiger partial charge in [0.1, 0.15) is 5.82 Å². The molecule has 2 N–H and O–H groups in total. The molecule has 134 valence electrons. The summed E-state index contributed by atoms with van der Waals surface area (Å²) in [7, 11) is 1.72. The van der Waals surface area contributed by atoms with Crippen LogP contribution in [-0.2, 0) is 4.79 Å². The van der Waals surface area contributed by atoms with E-state index in [1.165, 1.54) is 12.1 Å². The van der Waals surface area contributed by atoms with Crippen LogP contribution >= 0.6 is 24.0 Å². The third-order valence-corrected chi connectivity index (χ3v) is 4.44. The van der Waals surface area contributed by atoms with Gasteiger partial charge in [-0.05, 0) is 36.5 Å². The number of halogens is 2. The van der Waals surface area contributed by atoms with Gasteiger partial charge in [0, 0.05) is 25.8 Å². The van der Waals surface area contributed by atoms with Crippen LogP contribution in [0.2, 0.25) is 0 Å². The summed E-state index contributed by atoms with van der Waals surface area (Å²) in [5.41, 5.74) is 0.757. The van der Waals surface area contributed by atoms with Gasteiger partial charge in [0.2, 0.25) is 5.91 Å². The lowest BCUT2D eigenvalue weighted by Gasteiger charge is -2.25. The number of amides is 1. The van der Waals surface area contributed by atoms with Crippen LogP contribution in [0.25, 0.3) is 0 Å². The Hall–Kier alpha value is -1.38. The molecule has 1 aromatic rings. The second-order valence-corrected chi connectivity index (χ2v) is 6.30. The first-order chi connectivity index (χ1) is 11.0. The van der Waals surface area contributed by atoms with Gasteiger partial charge in [0.15, 0.2) is 5.96 Å². The van der Waals surface area contributed by atoms with Gasteiger partial charge in [-0.2, -0.15) is 0 Å². The van der Waals surface area contributed by atoms with E-state index in [1.807, 2.05) is 0 Å². The number of rotatable bonds is 4. The molecule has 1 saturated heterocycles. The lowest BCUT2D eigenvalue weighted by atomic mass is 9.87. The molecule has 0 radical (unpaired) electrons. The molecule has 1 unspecified atom stereocenters. The van der Waals surface area contributed by atoms with Gasteiger partial charge in [-0.1, -0.05) is 19.9 Å². The molecule has 24 heavy (non-hydrogen) atoms. The Kier molecular flexibility index (Phi) is 7.92. The summed E-state index contributed by atoms with van der Waals surface area (Å²) in [6.07, 6.45) is 2.25. The summed E-state index contributed by atoms with van der Waals surface area (Å²) in [6, 6.07) is 5.85. The van der Waals surface area contributed by atoms with E-state index in [0.29, 0.717) is 11.1 Å². The van der Waals surface area contributed by atoms with Crippen molar-refractivity contribution in [2.45, 2.75) is 26.7 Å². The fourth-order valence-corrected chi connectivity index (χ4v) is 2.76. The molecule has 1 heterocycles. The van der Waals surface area contributed by atoms with Crippen molar-refractivity contribution in [3.05, 3.63) is 30.1 Å². The summed E-state index contributed by atoms with van der Waals surface area (Å²) in [6.45, 7) is 6.45. The molecule has 7 heteroatoms. The summed E-state index contributed by atoms with van der Waals surface area (Å²) in [5, 5.41) is 5.74. The number of hydrogen-bond donors (Lipinski definition) is 2. The summed E-state index contributed by atoms with van der Waals surface area (Å²) < 4.78 is 13.1. The molecule has 1 aliphatic heterocycles. The predicted molar refractivity (Wildman–Crippen MR) is 106 cm³/mol. The monoisotopic (exact) mass is 448 g/mol. The highest BCUT2D eigenvalue weighted by Gasteiger charge is 2.33. The van der Waals surface area contributed by atoms with E-state index in [0.717, 1.165) is 31.9 Å². The second-order valence-electron chi connectivity index (χ2n) is 6.30. The highest BCUT2D eigenvalue weighted by molar-refractivity contribution is 14.0. The molecule has 0 aromatic heterocycles. The second kappa shape index (κ2) is 9.19. The number of anilines is 1. The third-order valence-electron chi connectivity index (χ3n) is 4.44. The zero-order valence-corrected chi connectivity index (χ0v) is 16.8. The Labute approximate surface area is 160 Å². The number of nitrogens with one attached hydrogen (secondary N) is 2. The molecular formula is C17H26FIN4O. The maximum Gasteiger partial charge on any atom is 0.243 e. The molecule has 1 aliphatic rings. The van der Waals surface area contributed by atoms with E-state index in [9.17, 15) is 9.18 Å². The molecule has 1 amide bonds. The van der Waals surface area contributed by atoms with E-state index in [2.05, 4.69) is 34.4 Å². The van der Waals surface area contributed by atoms with Gasteiger partial charge in [-0.25, -0.2) is 4.39 Å². The molecule has 0 aliphatic carbocycles. The van der Waals surface area contributed by atoms with Crippen molar-refractivity contribution < 1.29 is 9.18 Å². The molecular weight excluding hydrogens is 422 g/mol. The number of aliphatic imine (C=N–C) groups is 1. The number of benzene rings is 1. The van der Waals surface area contributed by atoms with Gasteiger partial charge < -0.3 is 15.5 Å². The summed E-state index contributed by atoms with van der Waals surface area (Å²) >= 11 is 0. The fourth-order valence-electron chi connectivity index (χ4n) is 2.76. The fraction of sp³-hybridized carbons (Fsp3) is 0.529. The highest BCUT2D eigenvalue weighted by atomic mass is 127. The average molecular weight is 448 g/mol. The predicted octanol–water partition coefficient (Wildman–Crippen LogP) is 3.08. The maximum absolute atomic E-state index is 13.1. The standard InChI is InChI=1S/C17H25FN4O.HI/c1-4-17(2)8-9-22(12-17)16(19-3)20-11-15(23)21-14-7-5-6-13(18)10-14;/h5-7,10H,4,8-9,11-12H2,1-3H3,(H,19,20)(H,21,23);1H. The van der Waals surface area contributed by atoms with Gasteiger partial charge in [0.05, 0.1) is 6.54 Å². The number of likely N-dealkylation sites (tertiary alicyclic amines) is 1. The van der Waals surface area contributed by atoms with Crippen molar-refractivity contribution in [3.8, 4) is 0 Å². The van der Waals surface area contributed by atoms with Crippen LogP contribution in [0.15, 0.2) is 29.3 Å². The quantitative estimate of drug-likeness (QED) is 0.423. The first kappa shape index (κ1) is 20.7. The number of guanidine groups is 1. The van der Waals surface area contributed by atoms with E-state index < -0.39 is 0 Å². The average Bonchev–Trinajstić information content (AvgIpc) is 2.91. The van der Waals surface area contributed by atoms with Crippen molar-refractivity contribution in [2.24, 2.45) is 10.4 Å². The topological polar surface area (TPSA) is 56.7 Å². The molecule has 1 atom stereocenters. The maximum atomic E-state index is 13.1. The molecule has 0 bridgehead atoms. The normalized spacial score (nSPS) is 20.5. The van der Waals surface area contributed by atoms with Crippen LogP contribution in [0.3, 0.4) is 0 Å². The van der Waals surface area contributed by atoms with Crippen LogP contribution in [0.1, 0.15) is 26.7 Å². The van der Waals surface area contributed by atoms with Crippen LogP contribution < -0.4 is 10.6 Å². The van der Waals surface area contributed by atoms with Crippen LogP contribution in [-0.4, -0.2) is 43.4 Å². The van der Waals surface area contributed by atoms with Gasteiger partial charge >= 0.3 is 0 Å². The first-order valence-corrected chi connectivity index (χ1v) is 7.97. The van der Waals surface area contributed by atoms with Gasteiger partial charge in [-0.15, -0.1) is 24.0 Å². The minimum Gasteiger partial charge on any atom is -0.347 e. The minimum absolute atomic E-state index is 0. The molecule has 2 rings (SSSR count). The SMILES string of the molecule is CCC1(C)CCN(C(=NC)NCC(=O)Nc2cccc(F)c2)C1.I. The van der Waals surface area contributed by atoms with Crippen molar-refractivity contribution >= 4 is 41.5 Å². The number of carbonyl (C=O) groups is 1. The lowest BCUT2D eigenvalue weighted by Crippen LogP contribution is -2.43. The zero-order chi connectivity index (χ0) is 16.9. The number of carbonyl (C=O) groups excluding carboxylic acids is 1. The third kappa shape index (κ3) is 5.61. The van der Waals surface area contributed by atoms with Gasteiger partial charge in [-0.3, -0.25) is 9.79 Å². The molecule has 0 spiro atoms. The van der Waals surface area contributed by atoms with E-state index >= 15 is 0 Å². The Morgan fingerprint density at radius 2 is 2.21 bits per heavy atom. The van der Waals surface area contributed by atoms with E-state index in [4.69, 9.17) is 0 Å². The lowest BCUT2D eigenvalue weighted by molar-refractivity contribution is -0.115. The van der Waals surface area contributed by atoms with Crippen molar-refractivity contribution in [1.82, 2.24) is 10.2 Å². The highest BCUT2D eigenvalue weighted by Crippen LogP contribution is 2.32. The van der Waals surface area contributed by atoms with E-state index in [-0.39, 0.29) is 42.2 Å². The first-order valence-electron chi connectivity index (χ1n) is 7.97. The summed E-state index contributed by atoms with van der Waals surface area (Å²) in [4.78, 5) is 18.4. The number of hydrogen-bond acceptors (Lipinski definition) is 2. The Morgan fingerprint density at radius 1 is 1.46 bits per heavy atom. The Morgan fingerprint density at radius 3 is 2.79 bits per heavy atom. The number of nitrogens with zero attached hydrogens (tertiary/aromatic N) is 2. The molecule has 1 fully saturated rings. The molecule has 5 nitrogen and oxygen atoms in total. The zero-order valence-electron chi connectivity index (χ0n) is 14.4. The largest absolute Gasteiger partial charge is 0.347 e. The van der Waals surface area contributed by atoms with Crippen molar-refractivity contribution in [1.29, 1.82) is 0 Å². The van der Waals surface area contributed by atoms with Crippen LogP contribution in [0.5, 0.6) is 0 Å². The molecule has 0 saturated carbocycles.